The lowest BCUT2D eigenvalue weighted by Crippen LogP contribution is -2.38. The van der Waals surface area contributed by atoms with E-state index in [0.717, 1.165) is 69.6 Å². The van der Waals surface area contributed by atoms with Crippen LogP contribution in [0.4, 0.5) is 0 Å². The van der Waals surface area contributed by atoms with Gasteiger partial charge in [-0.15, -0.1) is 0 Å². The number of halogens is 1. The number of nitrogens with zero attached hydrogens (tertiary/aromatic N) is 1. The highest BCUT2D eigenvalue weighted by molar-refractivity contribution is 6.30. The van der Waals surface area contributed by atoms with E-state index in [2.05, 4.69) is 27.8 Å². The predicted octanol–water partition coefficient (Wildman–Crippen LogP) is 2.63. The first kappa shape index (κ1) is 19.0. The summed E-state index contributed by atoms with van der Waals surface area (Å²) in [6.45, 7) is 4.07. The van der Waals surface area contributed by atoms with Crippen molar-refractivity contribution < 1.29 is 9.47 Å². The first-order valence-corrected chi connectivity index (χ1v) is 9.04. The van der Waals surface area contributed by atoms with Gasteiger partial charge in [-0.05, 0) is 43.4 Å². The molecule has 0 bridgehead atoms. The van der Waals surface area contributed by atoms with Crippen molar-refractivity contribution in [3.05, 3.63) is 34.9 Å². The molecule has 1 aromatic rings. The molecular weight excluding hydrogens is 326 g/mol. The summed E-state index contributed by atoms with van der Waals surface area (Å²) in [6.07, 6.45) is 4.34. The Bertz CT molecular complexity index is 488. The van der Waals surface area contributed by atoms with Gasteiger partial charge in [-0.1, -0.05) is 23.7 Å². The first-order valence-electron chi connectivity index (χ1n) is 8.66. The fourth-order valence-electron chi connectivity index (χ4n) is 2.54. The fraction of sp³-hybridized carbons (Fsp3) is 0.611. The van der Waals surface area contributed by atoms with E-state index in [4.69, 9.17) is 21.1 Å². The van der Waals surface area contributed by atoms with Gasteiger partial charge in [-0.3, -0.25) is 4.99 Å². The van der Waals surface area contributed by atoms with Gasteiger partial charge in [0.2, 0.25) is 0 Å². The van der Waals surface area contributed by atoms with Crippen molar-refractivity contribution in [1.29, 1.82) is 0 Å². The van der Waals surface area contributed by atoms with Gasteiger partial charge >= 0.3 is 0 Å². The van der Waals surface area contributed by atoms with Gasteiger partial charge in [-0.25, -0.2) is 0 Å². The molecule has 0 aliphatic carbocycles. The second kappa shape index (κ2) is 11.3. The monoisotopic (exact) mass is 353 g/mol. The smallest absolute Gasteiger partial charge is 0.190 e. The molecule has 0 amide bonds. The van der Waals surface area contributed by atoms with Crippen LogP contribution in [-0.4, -0.2) is 52.0 Å². The topological polar surface area (TPSA) is 54.9 Å². The van der Waals surface area contributed by atoms with Crippen LogP contribution < -0.4 is 10.6 Å². The van der Waals surface area contributed by atoms with Crippen molar-refractivity contribution in [3.8, 4) is 0 Å². The molecule has 1 aliphatic rings. The Morgan fingerprint density at radius 1 is 1.25 bits per heavy atom. The maximum atomic E-state index is 5.89. The van der Waals surface area contributed by atoms with Crippen molar-refractivity contribution in [2.24, 2.45) is 4.99 Å². The molecule has 1 saturated heterocycles. The molecule has 134 valence electrons. The molecule has 6 heteroatoms. The Morgan fingerprint density at radius 2 is 2.00 bits per heavy atom. The van der Waals surface area contributed by atoms with E-state index in [0.29, 0.717) is 0 Å². The third-order valence-corrected chi connectivity index (χ3v) is 4.18. The third-order valence-electron chi connectivity index (χ3n) is 3.93. The molecule has 1 aliphatic heterocycles. The van der Waals surface area contributed by atoms with Crippen LogP contribution >= 0.6 is 11.6 Å². The molecule has 24 heavy (non-hydrogen) atoms. The summed E-state index contributed by atoms with van der Waals surface area (Å²) in [5.74, 6) is 0.843. The summed E-state index contributed by atoms with van der Waals surface area (Å²) >= 11 is 5.89. The van der Waals surface area contributed by atoms with Crippen LogP contribution in [0.2, 0.25) is 5.02 Å². The lowest BCUT2D eigenvalue weighted by atomic mass is 10.1. The Labute approximate surface area is 149 Å². The van der Waals surface area contributed by atoms with Gasteiger partial charge in [0.05, 0.1) is 12.7 Å². The third kappa shape index (κ3) is 7.51. The number of benzene rings is 1. The van der Waals surface area contributed by atoms with Crippen molar-refractivity contribution in [2.45, 2.75) is 31.8 Å². The van der Waals surface area contributed by atoms with E-state index < -0.39 is 0 Å². The van der Waals surface area contributed by atoms with Crippen molar-refractivity contribution in [3.63, 3.8) is 0 Å². The predicted molar refractivity (Wildman–Crippen MR) is 98.9 cm³/mol. The van der Waals surface area contributed by atoms with E-state index in [1.807, 2.05) is 12.1 Å². The highest BCUT2D eigenvalue weighted by Crippen LogP contribution is 2.10. The van der Waals surface area contributed by atoms with Crippen LogP contribution in [0.25, 0.3) is 0 Å². The molecule has 1 atom stereocenters. The lowest BCUT2D eigenvalue weighted by molar-refractivity contribution is 0.0420. The summed E-state index contributed by atoms with van der Waals surface area (Å²) in [7, 11) is 1.79. The summed E-state index contributed by atoms with van der Waals surface area (Å²) in [6, 6.07) is 8.02. The summed E-state index contributed by atoms with van der Waals surface area (Å²) in [4.78, 5) is 4.24. The van der Waals surface area contributed by atoms with Gasteiger partial charge in [0.15, 0.2) is 5.96 Å². The standard InChI is InChI=1S/C18H28ClN3O2/c1-20-18(22-11-3-12-24-17-9-13-23-14-17)21-10-2-4-15-5-7-16(19)8-6-15/h5-8,17H,2-4,9-14H2,1H3,(H2,20,21,22). The molecule has 1 aromatic carbocycles. The van der Waals surface area contributed by atoms with Gasteiger partial charge < -0.3 is 20.1 Å². The molecule has 1 unspecified atom stereocenters. The summed E-state index contributed by atoms with van der Waals surface area (Å²) < 4.78 is 11.0. The number of aliphatic imine (C=N–C) groups is 1. The highest BCUT2D eigenvalue weighted by Gasteiger charge is 2.15. The van der Waals surface area contributed by atoms with Crippen LogP contribution in [-0.2, 0) is 15.9 Å². The number of ether oxygens (including phenoxy) is 2. The lowest BCUT2D eigenvalue weighted by Gasteiger charge is -2.13. The molecule has 0 radical (unpaired) electrons. The fourth-order valence-corrected chi connectivity index (χ4v) is 2.67. The number of hydrogen-bond donors (Lipinski definition) is 2. The second-order valence-corrected chi connectivity index (χ2v) is 6.30. The molecule has 0 saturated carbocycles. The van der Waals surface area contributed by atoms with Crippen molar-refractivity contribution in [1.82, 2.24) is 10.6 Å². The largest absolute Gasteiger partial charge is 0.379 e. The van der Waals surface area contributed by atoms with Gasteiger partial charge in [-0.2, -0.15) is 0 Å². The minimum absolute atomic E-state index is 0.287. The zero-order valence-corrected chi connectivity index (χ0v) is 15.1. The summed E-state index contributed by atoms with van der Waals surface area (Å²) in [5, 5.41) is 7.43. The average Bonchev–Trinajstić information content (AvgIpc) is 3.11. The number of nitrogens with one attached hydrogen (secondary N) is 2. The molecule has 1 fully saturated rings. The average molecular weight is 354 g/mol. The first-order chi connectivity index (χ1) is 11.8. The highest BCUT2D eigenvalue weighted by atomic mass is 35.5. The maximum absolute atomic E-state index is 5.89. The van der Waals surface area contributed by atoms with Crippen LogP contribution in [0.15, 0.2) is 29.3 Å². The van der Waals surface area contributed by atoms with Crippen LogP contribution in [0.1, 0.15) is 24.8 Å². The molecule has 2 N–H and O–H groups in total. The normalized spacial score (nSPS) is 17.9. The SMILES string of the molecule is CN=C(NCCCOC1CCOC1)NCCCc1ccc(Cl)cc1. The Kier molecular flexibility index (Phi) is 8.95. The van der Waals surface area contributed by atoms with E-state index in [9.17, 15) is 0 Å². The Hall–Kier alpha value is -1.30. The zero-order valence-electron chi connectivity index (χ0n) is 14.4. The molecular formula is C18H28ClN3O2. The number of guanidine groups is 1. The van der Waals surface area contributed by atoms with E-state index >= 15 is 0 Å². The van der Waals surface area contributed by atoms with Crippen molar-refractivity contribution in [2.75, 3.05) is 40.0 Å². The Balaban J connectivity index is 1.49. The minimum atomic E-state index is 0.287. The van der Waals surface area contributed by atoms with Gasteiger partial charge in [0.1, 0.15) is 0 Å². The number of aryl methyl sites for hydroxylation is 1. The Morgan fingerprint density at radius 3 is 2.67 bits per heavy atom. The van der Waals surface area contributed by atoms with Crippen LogP contribution in [0.3, 0.4) is 0 Å². The molecule has 1 heterocycles. The molecule has 0 spiro atoms. The van der Waals surface area contributed by atoms with Gasteiger partial charge in [0.25, 0.3) is 0 Å². The molecule has 2 rings (SSSR count). The number of rotatable bonds is 9. The van der Waals surface area contributed by atoms with E-state index in [-0.39, 0.29) is 6.10 Å². The second-order valence-electron chi connectivity index (χ2n) is 5.87. The van der Waals surface area contributed by atoms with E-state index in [1.165, 1.54) is 5.56 Å². The van der Waals surface area contributed by atoms with Crippen molar-refractivity contribution >= 4 is 17.6 Å². The van der Waals surface area contributed by atoms with E-state index in [1.54, 1.807) is 7.05 Å². The van der Waals surface area contributed by atoms with Crippen LogP contribution in [0.5, 0.6) is 0 Å². The van der Waals surface area contributed by atoms with Gasteiger partial charge in [0, 0.05) is 38.4 Å². The molecule has 5 nitrogen and oxygen atoms in total. The van der Waals surface area contributed by atoms with Crippen LogP contribution in [0, 0.1) is 0 Å². The zero-order chi connectivity index (χ0) is 17.0. The number of hydrogen-bond acceptors (Lipinski definition) is 3. The summed E-state index contributed by atoms with van der Waals surface area (Å²) in [5.41, 5.74) is 1.30. The molecule has 0 aromatic heterocycles. The minimum Gasteiger partial charge on any atom is -0.379 e. The quantitative estimate of drug-likeness (QED) is 0.407. The maximum Gasteiger partial charge on any atom is 0.190 e.